The van der Waals surface area contributed by atoms with Crippen molar-refractivity contribution in [1.29, 1.82) is 0 Å². The van der Waals surface area contributed by atoms with Crippen molar-refractivity contribution in [3.63, 3.8) is 0 Å². The summed E-state index contributed by atoms with van der Waals surface area (Å²) in [5, 5.41) is 0. The summed E-state index contributed by atoms with van der Waals surface area (Å²) in [6.45, 7) is 0. The zero-order chi connectivity index (χ0) is 42.7. The minimum atomic E-state index is 0.624. The molecule has 0 saturated carbocycles. The average molecular weight is 821 g/mol. The molecule has 11 rings (SSSR count). The number of hydrogen-bond donors (Lipinski definition) is 0. The second-order valence-electron chi connectivity index (χ2n) is 15.6. The Morgan fingerprint density at radius 1 is 0.281 bits per heavy atom. The number of nitrogens with zero attached hydrogens (tertiary/aromatic N) is 6. The molecule has 3 heterocycles. The lowest BCUT2D eigenvalue weighted by atomic mass is 10.0. The van der Waals surface area contributed by atoms with Gasteiger partial charge in [-0.1, -0.05) is 188 Å². The van der Waals surface area contributed by atoms with Crippen molar-refractivity contribution in [1.82, 2.24) is 24.3 Å². The predicted molar refractivity (Wildman–Crippen MR) is 261 cm³/mol. The van der Waals surface area contributed by atoms with Gasteiger partial charge in [-0.15, -0.1) is 0 Å². The third kappa shape index (κ3) is 7.61. The van der Waals surface area contributed by atoms with E-state index in [9.17, 15) is 0 Å². The molecule has 0 radical (unpaired) electrons. The fourth-order valence-electron chi connectivity index (χ4n) is 8.29. The maximum Gasteiger partial charge on any atom is 0.164 e. The van der Waals surface area contributed by atoms with E-state index in [1.54, 1.807) is 0 Å². The maximum atomic E-state index is 5.09. The van der Waals surface area contributed by atoms with Crippen LogP contribution in [0.5, 0.6) is 0 Å². The minimum Gasteiger partial charge on any atom is -0.310 e. The van der Waals surface area contributed by atoms with Gasteiger partial charge in [-0.05, 0) is 70.8 Å². The molecule has 11 aromatic rings. The number of rotatable bonds is 10. The van der Waals surface area contributed by atoms with Crippen LogP contribution in [0.1, 0.15) is 0 Å². The summed E-state index contributed by atoms with van der Waals surface area (Å²) < 4.78 is 2.18. The first-order chi connectivity index (χ1) is 31.7. The monoisotopic (exact) mass is 820 g/mol. The Kier molecular flexibility index (Phi) is 10.1. The standard InChI is InChI=1S/C58H40N6/c1-5-16-41(17-6-1)42-27-31-47(32-28-42)57-60-56(46-20-9-3-10-21-46)61-58(62-57)48-33-29-43(30-34-48)44-35-37-51(38-36-44)64(50-23-11-4-12-24-50)52-25-15-22-49(40-52)55-54(45-18-7-2-8-19-45)59-53-26-13-14-39-63(53)55/h1-40H. The smallest absolute Gasteiger partial charge is 0.164 e. The molecule has 3 aromatic heterocycles. The molecular weight excluding hydrogens is 781 g/mol. The molecule has 0 aliphatic rings. The Morgan fingerprint density at radius 3 is 1.23 bits per heavy atom. The summed E-state index contributed by atoms with van der Waals surface area (Å²) in [5.41, 5.74) is 15.5. The molecule has 8 aromatic carbocycles. The summed E-state index contributed by atoms with van der Waals surface area (Å²) in [6, 6.07) is 82.0. The van der Waals surface area contributed by atoms with Crippen molar-refractivity contribution in [3.8, 4) is 78.9 Å². The van der Waals surface area contributed by atoms with Crippen LogP contribution in [-0.2, 0) is 0 Å². The van der Waals surface area contributed by atoms with Crippen molar-refractivity contribution in [3.05, 3.63) is 243 Å². The molecule has 0 unspecified atom stereocenters. The van der Waals surface area contributed by atoms with Gasteiger partial charge < -0.3 is 4.90 Å². The highest BCUT2D eigenvalue weighted by Gasteiger charge is 2.19. The number of imidazole rings is 1. The Balaban J connectivity index is 0.915. The van der Waals surface area contributed by atoms with Gasteiger partial charge in [0, 0.05) is 51.1 Å². The van der Waals surface area contributed by atoms with Crippen LogP contribution in [0.2, 0.25) is 0 Å². The Morgan fingerprint density at radius 2 is 0.672 bits per heavy atom. The van der Waals surface area contributed by atoms with Gasteiger partial charge >= 0.3 is 0 Å². The van der Waals surface area contributed by atoms with Gasteiger partial charge in [0.25, 0.3) is 0 Å². The zero-order valence-electron chi connectivity index (χ0n) is 34.8. The van der Waals surface area contributed by atoms with E-state index in [-0.39, 0.29) is 0 Å². The molecule has 0 N–H and O–H groups in total. The lowest BCUT2D eigenvalue weighted by molar-refractivity contribution is 1.07. The highest BCUT2D eigenvalue weighted by Crippen LogP contribution is 2.40. The normalized spacial score (nSPS) is 11.1. The molecule has 0 aliphatic carbocycles. The second kappa shape index (κ2) is 17.0. The first kappa shape index (κ1) is 38.2. The third-order valence-electron chi connectivity index (χ3n) is 11.5. The topological polar surface area (TPSA) is 59.2 Å². The van der Waals surface area contributed by atoms with Crippen molar-refractivity contribution in [2.75, 3.05) is 4.90 Å². The molecule has 0 atom stereocenters. The van der Waals surface area contributed by atoms with Crippen LogP contribution in [0, 0.1) is 0 Å². The molecule has 0 fully saturated rings. The summed E-state index contributed by atoms with van der Waals surface area (Å²) in [5.74, 6) is 1.89. The molecule has 0 saturated heterocycles. The van der Waals surface area contributed by atoms with Gasteiger partial charge in [-0.2, -0.15) is 0 Å². The van der Waals surface area contributed by atoms with E-state index in [1.165, 1.54) is 5.56 Å². The van der Waals surface area contributed by atoms with Crippen molar-refractivity contribution >= 4 is 22.7 Å². The molecule has 0 aliphatic heterocycles. The van der Waals surface area contributed by atoms with Crippen molar-refractivity contribution in [2.45, 2.75) is 0 Å². The minimum absolute atomic E-state index is 0.624. The molecule has 6 heteroatoms. The SMILES string of the molecule is c1ccc(-c2ccc(-c3nc(-c4ccccc4)nc(-c4ccc(-c5ccc(N(c6ccccc6)c6cccc(-c7c(-c8ccccc8)nc8ccccn78)c6)cc5)cc4)n3)cc2)cc1. The summed E-state index contributed by atoms with van der Waals surface area (Å²) >= 11 is 0. The number of anilines is 3. The number of pyridine rings is 1. The van der Waals surface area contributed by atoms with Gasteiger partial charge in [0.2, 0.25) is 0 Å². The van der Waals surface area contributed by atoms with Gasteiger partial charge in [-0.3, -0.25) is 4.40 Å². The molecule has 64 heavy (non-hydrogen) atoms. The zero-order valence-corrected chi connectivity index (χ0v) is 34.8. The predicted octanol–water partition coefficient (Wildman–Crippen LogP) is 14.7. The van der Waals surface area contributed by atoms with Crippen LogP contribution >= 0.6 is 0 Å². The van der Waals surface area contributed by atoms with Crippen LogP contribution in [0.4, 0.5) is 17.1 Å². The second-order valence-corrected chi connectivity index (χ2v) is 15.6. The average Bonchev–Trinajstić information content (AvgIpc) is 3.78. The van der Waals surface area contributed by atoms with Crippen LogP contribution < -0.4 is 4.90 Å². The van der Waals surface area contributed by atoms with Gasteiger partial charge in [0.05, 0.1) is 11.4 Å². The molecule has 0 amide bonds. The first-order valence-electron chi connectivity index (χ1n) is 21.4. The number of fused-ring (bicyclic) bond motifs is 1. The van der Waals surface area contributed by atoms with E-state index < -0.39 is 0 Å². The highest BCUT2D eigenvalue weighted by molar-refractivity contribution is 5.86. The van der Waals surface area contributed by atoms with E-state index in [4.69, 9.17) is 19.9 Å². The number of para-hydroxylation sites is 1. The quantitative estimate of drug-likeness (QED) is 0.138. The van der Waals surface area contributed by atoms with E-state index in [0.717, 1.165) is 78.6 Å². The molecular formula is C58H40N6. The lowest BCUT2D eigenvalue weighted by Crippen LogP contribution is -2.10. The number of aromatic nitrogens is 5. The van der Waals surface area contributed by atoms with Gasteiger partial charge in [-0.25, -0.2) is 19.9 Å². The largest absolute Gasteiger partial charge is 0.310 e. The molecule has 0 bridgehead atoms. The Labute approximate surface area is 372 Å². The molecule has 0 spiro atoms. The summed E-state index contributed by atoms with van der Waals surface area (Å²) in [7, 11) is 0. The van der Waals surface area contributed by atoms with E-state index in [1.807, 2.05) is 48.5 Å². The fraction of sp³-hybridized carbons (Fsp3) is 0. The molecule has 6 nitrogen and oxygen atoms in total. The van der Waals surface area contributed by atoms with Gasteiger partial charge in [0.15, 0.2) is 17.5 Å². The van der Waals surface area contributed by atoms with E-state index >= 15 is 0 Å². The molecule has 302 valence electrons. The van der Waals surface area contributed by atoms with Gasteiger partial charge in [0.1, 0.15) is 5.65 Å². The first-order valence-corrected chi connectivity index (χ1v) is 21.4. The van der Waals surface area contributed by atoms with Crippen LogP contribution in [0.25, 0.3) is 84.6 Å². The van der Waals surface area contributed by atoms with E-state index in [2.05, 4.69) is 204 Å². The third-order valence-corrected chi connectivity index (χ3v) is 11.5. The number of hydrogen-bond acceptors (Lipinski definition) is 5. The van der Waals surface area contributed by atoms with Crippen LogP contribution in [0.15, 0.2) is 243 Å². The summed E-state index contributed by atoms with van der Waals surface area (Å²) in [6.07, 6.45) is 2.09. The Hall–Kier alpha value is -8.74. The van der Waals surface area contributed by atoms with Crippen LogP contribution in [0.3, 0.4) is 0 Å². The van der Waals surface area contributed by atoms with E-state index in [0.29, 0.717) is 17.5 Å². The number of benzene rings is 8. The summed E-state index contributed by atoms with van der Waals surface area (Å²) in [4.78, 5) is 22.3. The maximum absolute atomic E-state index is 5.09. The lowest BCUT2D eigenvalue weighted by Gasteiger charge is -2.26. The Bertz CT molecular complexity index is 3330. The van der Waals surface area contributed by atoms with Crippen molar-refractivity contribution in [2.24, 2.45) is 0 Å². The van der Waals surface area contributed by atoms with Crippen LogP contribution in [-0.4, -0.2) is 24.3 Å². The highest BCUT2D eigenvalue weighted by atomic mass is 15.1. The van der Waals surface area contributed by atoms with Crippen molar-refractivity contribution < 1.29 is 0 Å². The fourth-order valence-corrected chi connectivity index (χ4v) is 8.29.